The third-order valence-electron chi connectivity index (χ3n) is 3.13. The van der Waals surface area contributed by atoms with E-state index in [1.54, 1.807) is 24.3 Å². The van der Waals surface area contributed by atoms with Crippen molar-refractivity contribution >= 4 is 28.5 Å². The molecule has 28 heavy (non-hydrogen) atoms. The minimum absolute atomic E-state index is 0.150. The molecule has 1 atom stereocenters. The van der Waals surface area contributed by atoms with Crippen LogP contribution in [-0.2, 0) is 15.7 Å². The van der Waals surface area contributed by atoms with Gasteiger partial charge in [0.1, 0.15) is 0 Å². The van der Waals surface area contributed by atoms with Crippen LogP contribution in [0, 0.1) is 5.41 Å². The van der Waals surface area contributed by atoms with Gasteiger partial charge in [-0.2, -0.15) is 13.2 Å². The van der Waals surface area contributed by atoms with Gasteiger partial charge in [-0.05, 0) is 23.3 Å². The molecule has 0 bridgehead atoms. The van der Waals surface area contributed by atoms with Crippen molar-refractivity contribution in [3.05, 3.63) is 65.7 Å². The van der Waals surface area contributed by atoms with E-state index in [4.69, 9.17) is 21.0 Å². The zero-order valence-electron chi connectivity index (χ0n) is 14.1. The summed E-state index contributed by atoms with van der Waals surface area (Å²) in [7, 11) is -2.73. The number of halogens is 3. The number of hydrogen-bond acceptors (Lipinski definition) is 4. The van der Waals surface area contributed by atoms with E-state index in [1.165, 1.54) is 0 Å². The summed E-state index contributed by atoms with van der Waals surface area (Å²) in [4.78, 5) is 8.90. The van der Waals surface area contributed by atoms with E-state index in [0.717, 1.165) is 11.1 Å². The highest BCUT2D eigenvalue weighted by Gasteiger charge is 2.38. The molecule has 0 aliphatic carbocycles. The number of carboxylic acids is 1. The van der Waals surface area contributed by atoms with Crippen LogP contribution < -0.4 is 15.8 Å². The van der Waals surface area contributed by atoms with Crippen LogP contribution in [0.2, 0.25) is 0 Å². The summed E-state index contributed by atoms with van der Waals surface area (Å²) in [6.45, 7) is 0. The minimum atomic E-state index is -5.08. The first-order valence-electron chi connectivity index (χ1n) is 7.47. The highest BCUT2D eigenvalue weighted by Crippen LogP contribution is 2.23. The summed E-state index contributed by atoms with van der Waals surface area (Å²) < 4.78 is 56.4. The van der Waals surface area contributed by atoms with Gasteiger partial charge < -0.3 is 16.2 Å². The molecular weight excluding hydrogens is 401 g/mol. The summed E-state index contributed by atoms with van der Waals surface area (Å²) in [5.41, 5.74) is 7.58. The van der Waals surface area contributed by atoms with Gasteiger partial charge in [0.2, 0.25) is 10.9 Å². The molecule has 0 fully saturated rings. The highest BCUT2D eigenvalue weighted by molar-refractivity contribution is 7.70. The number of hydrogen-bond donors (Lipinski definition) is 6. The lowest BCUT2D eigenvalue weighted by Crippen LogP contribution is -2.22. The van der Waals surface area contributed by atoms with Gasteiger partial charge in [-0.25, -0.2) is 17.9 Å². The SMILES string of the molecule is N=C(N)Nc1ccc(C(N[SH](=O)=O)c2ccccc2)cc1.O=C(O)C(F)(F)F. The van der Waals surface area contributed by atoms with Crippen LogP contribution in [0.25, 0.3) is 0 Å². The second-order valence-corrected chi connectivity index (χ2v) is 5.97. The standard InChI is InChI=1S/C14H16N4O2S.C2HF3O2/c15-14(16)17-12-8-6-11(7-9-12)13(18-21(19)20)10-4-2-1-3-5-10;3-2(4,5)1(6)7/h1-9,13,21H,(H4,15,16,17)(H,18,19,20);(H,6,7). The Balaban J connectivity index is 0.000000480. The van der Waals surface area contributed by atoms with Crippen molar-refractivity contribution < 1.29 is 31.5 Å². The van der Waals surface area contributed by atoms with E-state index in [9.17, 15) is 21.6 Å². The molecule has 0 aliphatic heterocycles. The molecule has 0 amide bonds. The van der Waals surface area contributed by atoms with Crippen molar-refractivity contribution in [3.8, 4) is 0 Å². The first-order valence-corrected chi connectivity index (χ1v) is 8.65. The summed E-state index contributed by atoms with van der Waals surface area (Å²) in [5.74, 6) is -2.91. The predicted molar refractivity (Wildman–Crippen MR) is 97.4 cm³/mol. The Morgan fingerprint density at radius 2 is 1.50 bits per heavy atom. The predicted octanol–water partition coefficient (Wildman–Crippen LogP) is 1.83. The first-order chi connectivity index (χ1) is 13.0. The number of nitrogens with two attached hydrogens (primary N) is 1. The third kappa shape index (κ3) is 8.05. The number of carboxylic acid groups (broad SMARTS) is 1. The minimum Gasteiger partial charge on any atom is -0.475 e. The molecule has 1 unspecified atom stereocenters. The monoisotopic (exact) mass is 418 g/mol. The second-order valence-electron chi connectivity index (χ2n) is 5.19. The Morgan fingerprint density at radius 1 is 1.04 bits per heavy atom. The lowest BCUT2D eigenvalue weighted by atomic mass is 9.99. The number of guanidine groups is 1. The van der Waals surface area contributed by atoms with Crippen LogP contribution in [0.1, 0.15) is 17.2 Å². The number of rotatable bonds is 5. The lowest BCUT2D eigenvalue weighted by molar-refractivity contribution is -0.192. The number of aliphatic carboxylic acids is 1. The molecule has 0 heterocycles. The largest absolute Gasteiger partial charge is 0.490 e. The maximum absolute atomic E-state index is 11.0. The fraction of sp³-hybridized carbons (Fsp3) is 0.125. The fourth-order valence-electron chi connectivity index (χ4n) is 2.01. The maximum atomic E-state index is 11.0. The van der Waals surface area contributed by atoms with Crippen LogP contribution >= 0.6 is 0 Å². The average molecular weight is 418 g/mol. The van der Waals surface area contributed by atoms with Gasteiger partial charge in [-0.15, -0.1) is 0 Å². The molecular formula is C16H17F3N4O4S. The van der Waals surface area contributed by atoms with Crippen LogP contribution in [0.15, 0.2) is 54.6 Å². The zero-order chi connectivity index (χ0) is 21.3. The first kappa shape index (κ1) is 22.9. The van der Waals surface area contributed by atoms with Crippen molar-refractivity contribution in [1.82, 2.24) is 4.72 Å². The van der Waals surface area contributed by atoms with Crippen molar-refractivity contribution in [3.63, 3.8) is 0 Å². The number of thiol groups is 1. The summed E-state index contributed by atoms with van der Waals surface area (Å²) in [6.07, 6.45) is -5.08. The zero-order valence-corrected chi connectivity index (χ0v) is 15.0. The quantitative estimate of drug-likeness (QED) is 0.248. The Labute approximate surface area is 159 Å². The fourth-order valence-corrected chi connectivity index (χ4v) is 2.52. The van der Waals surface area contributed by atoms with Gasteiger partial charge in [0.05, 0.1) is 6.04 Å². The topological polar surface area (TPSA) is 145 Å². The highest BCUT2D eigenvalue weighted by atomic mass is 32.2. The molecule has 0 saturated carbocycles. The Hall–Kier alpha value is -3.12. The van der Waals surface area contributed by atoms with Gasteiger partial charge in [0, 0.05) is 5.69 Å². The molecule has 0 spiro atoms. The molecule has 152 valence electrons. The molecule has 0 aromatic heterocycles. The Morgan fingerprint density at radius 3 is 1.89 bits per heavy atom. The molecule has 0 saturated heterocycles. The van der Waals surface area contributed by atoms with E-state index in [-0.39, 0.29) is 5.96 Å². The van der Waals surface area contributed by atoms with Crippen LogP contribution in [0.3, 0.4) is 0 Å². The van der Waals surface area contributed by atoms with Crippen molar-refractivity contribution in [2.45, 2.75) is 12.2 Å². The van der Waals surface area contributed by atoms with Crippen LogP contribution in [0.4, 0.5) is 18.9 Å². The molecule has 0 radical (unpaired) electrons. The summed E-state index contributed by atoms with van der Waals surface area (Å²) in [5, 5.41) is 17.0. The van der Waals surface area contributed by atoms with Gasteiger partial charge in [0.25, 0.3) is 0 Å². The molecule has 8 nitrogen and oxygen atoms in total. The van der Waals surface area contributed by atoms with Crippen molar-refractivity contribution in [1.29, 1.82) is 5.41 Å². The summed E-state index contributed by atoms with van der Waals surface area (Å²) in [6, 6.07) is 15.9. The normalized spacial score (nSPS) is 11.9. The van der Waals surface area contributed by atoms with E-state index in [1.807, 2.05) is 30.3 Å². The Kier molecular flexibility index (Phi) is 8.41. The number of carbonyl (C=O) groups is 1. The third-order valence-corrected chi connectivity index (χ3v) is 3.60. The van der Waals surface area contributed by atoms with E-state index in [2.05, 4.69) is 10.0 Å². The average Bonchev–Trinajstić information content (AvgIpc) is 2.60. The van der Waals surface area contributed by atoms with E-state index < -0.39 is 29.1 Å². The van der Waals surface area contributed by atoms with Gasteiger partial charge in [-0.3, -0.25) is 5.41 Å². The number of benzene rings is 2. The summed E-state index contributed by atoms with van der Waals surface area (Å²) >= 11 is 0. The lowest BCUT2D eigenvalue weighted by Gasteiger charge is -2.17. The molecule has 2 aromatic carbocycles. The van der Waals surface area contributed by atoms with Crippen molar-refractivity contribution in [2.24, 2.45) is 5.73 Å². The van der Waals surface area contributed by atoms with E-state index in [0.29, 0.717) is 5.69 Å². The number of anilines is 1. The van der Waals surface area contributed by atoms with Gasteiger partial charge in [0.15, 0.2) is 5.96 Å². The molecule has 0 aliphatic rings. The molecule has 12 heteroatoms. The number of nitrogens with one attached hydrogen (secondary N) is 3. The van der Waals surface area contributed by atoms with E-state index >= 15 is 0 Å². The Bertz CT molecular complexity index is 864. The molecule has 2 aromatic rings. The van der Waals surface area contributed by atoms with Gasteiger partial charge >= 0.3 is 12.1 Å². The number of alkyl halides is 3. The maximum Gasteiger partial charge on any atom is 0.490 e. The smallest absolute Gasteiger partial charge is 0.475 e. The van der Waals surface area contributed by atoms with Gasteiger partial charge in [-0.1, -0.05) is 42.5 Å². The van der Waals surface area contributed by atoms with Crippen LogP contribution in [-0.4, -0.2) is 31.6 Å². The van der Waals surface area contributed by atoms with Crippen LogP contribution in [0.5, 0.6) is 0 Å². The molecule has 2 rings (SSSR count). The second kappa shape index (κ2) is 10.3. The van der Waals surface area contributed by atoms with Crippen molar-refractivity contribution in [2.75, 3.05) is 5.32 Å². The molecule has 6 N–H and O–H groups in total.